The third-order valence-corrected chi connectivity index (χ3v) is 6.93. The predicted molar refractivity (Wildman–Crippen MR) is 158 cm³/mol. The lowest BCUT2D eigenvalue weighted by Crippen LogP contribution is -2.20. The molecule has 4 aromatic rings. The molecule has 4 aromatic heterocycles. The van der Waals surface area contributed by atoms with E-state index in [1.165, 1.54) is 10.4 Å². The average Bonchev–Trinajstić information content (AvgIpc) is 3.63. The number of nitrogens with zero attached hydrogens (tertiary/aromatic N) is 4. The molecule has 7 nitrogen and oxygen atoms in total. The molecular formula is C29H40N6OS. The summed E-state index contributed by atoms with van der Waals surface area (Å²) in [4.78, 5) is 24.3. The number of hydrogen-bond donors (Lipinski definition) is 2. The molecule has 0 amide bonds. The van der Waals surface area contributed by atoms with Crippen LogP contribution in [0, 0.1) is 13.8 Å². The van der Waals surface area contributed by atoms with Crippen LogP contribution in [0.5, 0.6) is 0 Å². The second kappa shape index (κ2) is 14.9. The van der Waals surface area contributed by atoms with Gasteiger partial charge in [-0.2, -0.15) is 0 Å². The van der Waals surface area contributed by atoms with Crippen LogP contribution in [0.3, 0.4) is 0 Å². The van der Waals surface area contributed by atoms with Crippen molar-refractivity contribution >= 4 is 35.5 Å². The number of H-pyrrole nitrogens is 1. The van der Waals surface area contributed by atoms with E-state index in [2.05, 4.69) is 77.6 Å². The molecule has 0 bridgehead atoms. The van der Waals surface area contributed by atoms with Crippen molar-refractivity contribution in [1.29, 1.82) is 0 Å². The van der Waals surface area contributed by atoms with Gasteiger partial charge in [0, 0.05) is 29.4 Å². The van der Waals surface area contributed by atoms with Crippen LogP contribution in [0.15, 0.2) is 54.3 Å². The maximum Gasteiger partial charge on any atom is 0.150 e. The Kier molecular flexibility index (Phi) is 12.0. The van der Waals surface area contributed by atoms with Gasteiger partial charge >= 0.3 is 0 Å². The molecule has 0 fully saturated rings. The number of nitrogens with one attached hydrogen (secondary N) is 1. The topological polar surface area (TPSA) is 92.3 Å². The zero-order chi connectivity index (χ0) is 27.4. The van der Waals surface area contributed by atoms with Gasteiger partial charge in [0.1, 0.15) is 29.6 Å². The Balaban J connectivity index is 0.000000455. The van der Waals surface area contributed by atoms with Crippen molar-refractivity contribution in [3.8, 4) is 11.4 Å². The monoisotopic (exact) mass is 520 g/mol. The summed E-state index contributed by atoms with van der Waals surface area (Å²) in [5.41, 5.74) is 11.4. The van der Waals surface area contributed by atoms with Crippen molar-refractivity contribution in [3.63, 3.8) is 0 Å². The number of imidazole rings is 1. The van der Waals surface area contributed by atoms with Crippen LogP contribution < -0.4 is 5.73 Å². The van der Waals surface area contributed by atoms with Crippen molar-refractivity contribution in [2.24, 2.45) is 0 Å². The highest BCUT2D eigenvalue weighted by molar-refractivity contribution is 7.10. The number of aromatic amines is 1. The van der Waals surface area contributed by atoms with Gasteiger partial charge < -0.3 is 20.4 Å². The van der Waals surface area contributed by atoms with E-state index < -0.39 is 0 Å². The lowest BCUT2D eigenvalue weighted by atomic mass is 10.1. The summed E-state index contributed by atoms with van der Waals surface area (Å²) < 4.78 is 2.09. The lowest BCUT2D eigenvalue weighted by Gasteiger charge is -2.17. The number of thiophene rings is 1. The Labute approximate surface area is 224 Å². The van der Waals surface area contributed by atoms with Gasteiger partial charge in [0.2, 0.25) is 0 Å². The first-order valence-electron chi connectivity index (χ1n) is 12.4. The van der Waals surface area contributed by atoms with Crippen molar-refractivity contribution in [3.05, 3.63) is 76.2 Å². The molecule has 4 rings (SSSR count). The second-order valence-electron chi connectivity index (χ2n) is 8.90. The molecule has 198 valence electrons. The summed E-state index contributed by atoms with van der Waals surface area (Å²) in [6, 6.07) is 4.28. The molecule has 0 aliphatic heterocycles. The van der Waals surface area contributed by atoms with Crippen molar-refractivity contribution in [2.45, 2.75) is 47.0 Å². The Bertz CT molecular complexity index is 1280. The van der Waals surface area contributed by atoms with Gasteiger partial charge in [-0.1, -0.05) is 38.2 Å². The Hall–Kier alpha value is -3.49. The number of fused-ring (bicyclic) bond motifs is 1. The van der Waals surface area contributed by atoms with Crippen molar-refractivity contribution in [2.75, 3.05) is 25.9 Å². The molecule has 0 spiro atoms. The van der Waals surface area contributed by atoms with Gasteiger partial charge in [-0.05, 0) is 76.0 Å². The quantitative estimate of drug-likeness (QED) is 0.258. The number of nitrogens with two attached hydrogens (primary N) is 1. The SMILES string of the molecule is C/C=C\C=C/c1c[nH]c(-c2nc(C(C)CCN(C)CC)n3ccnc(N)c23)c1.C=O.Cc1csc(C)c1. The zero-order valence-corrected chi connectivity index (χ0v) is 23.7. The standard InChI is InChI=1S/C22H30N6.C6H8S.CH2O/c1-5-7-8-9-17-14-18(25-15-17)19-20-21(23)24-11-13-28(20)22(26-19)16(3)10-12-27(4)6-2;1-5-3-6(2)7-4-5;1-2/h5,7-9,11,13-16,25H,6,10,12H2,1-4H3,(H2,23,24);3-4H,1-2H3;1H2/b7-5-,9-8-;;. The van der Waals surface area contributed by atoms with E-state index in [-0.39, 0.29) is 0 Å². The van der Waals surface area contributed by atoms with E-state index in [4.69, 9.17) is 15.5 Å². The number of allylic oxidation sites excluding steroid dienone is 3. The number of anilines is 1. The van der Waals surface area contributed by atoms with Crippen molar-refractivity contribution < 1.29 is 4.79 Å². The normalized spacial score (nSPS) is 12.1. The van der Waals surface area contributed by atoms with E-state index >= 15 is 0 Å². The predicted octanol–water partition coefficient (Wildman–Crippen LogP) is 6.52. The van der Waals surface area contributed by atoms with Gasteiger partial charge in [-0.3, -0.25) is 4.40 Å². The molecule has 0 radical (unpaired) electrons. The molecule has 0 saturated carbocycles. The van der Waals surface area contributed by atoms with E-state index in [1.54, 1.807) is 17.5 Å². The highest BCUT2D eigenvalue weighted by Crippen LogP contribution is 2.31. The maximum absolute atomic E-state index is 8.00. The number of rotatable bonds is 8. The molecule has 4 heterocycles. The first-order chi connectivity index (χ1) is 17.8. The minimum atomic E-state index is 0.307. The minimum Gasteiger partial charge on any atom is -0.382 e. The van der Waals surface area contributed by atoms with Gasteiger partial charge in [0.05, 0.1) is 5.69 Å². The smallest absolute Gasteiger partial charge is 0.150 e. The highest BCUT2D eigenvalue weighted by atomic mass is 32.1. The summed E-state index contributed by atoms with van der Waals surface area (Å²) in [7, 11) is 2.14. The molecule has 1 unspecified atom stereocenters. The number of hydrogen-bond acceptors (Lipinski definition) is 6. The second-order valence-corrected chi connectivity index (χ2v) is 10.0. The largest absolute Gasteiger partial charge is 0.382 e. The van der Waals surface area contributed by atoms with E-state index in [1.807, 2.05) is 44.3 Å². The van der Waals surface area contributed by atoms with Crippen LogP contribution in [0.25, 0.3) is 23.0 Å². The number of carbonyl (C=O) groups excluding carboxylic acids is 1. The minimum absolute atomic E-state index is 0.307. The Morgan fingerprint density at radius 1 is 1.27 bits per heavy atom. The highest BCUT2D eigenvalue weighted by Gasteiger charge is 2.20. The van der Waals surface area contributed by atoms with Crippen molar-refractivity contribution in [1.82, 2.24) is 24.3 Å². The third kappa shape index (κ3) is 8.27. The molecule has 0 aliphatic carbocycles. The molecule has 0 aliphatic rings. The summed E-state index contributed by atoms with van der Waals surface area (Å²) in [6.07, 6.45) is 14.8. The summed E-state index contributed by atoms with van der Waals surface area (Å²) >= 11 is 1.80. The van der Waals surface area contributed by atoms with Crippen LogP contribution >= 0.6 is 11.3 Å². The molecule has 8 heteroatoms. The maximum atomic E-state index is 8.00. The van der Waals surface area contributed by atoms with Gasteiger partial charge in [-0.15, -0.1) is 11.3 Å². The van der Waals surface area contributed by atoms with Gasteiger partial charge in [-0.25, -0.2) is 9.97 Å². The summed E-state index contributed by atoms with van der Waals surface area (Å²) in [5.74, 6) is 1.82. The molecule has 3 N–H and O–H groups in total. The van der Waals surface area contributed by atoms with Gasteiger partial charge in [0.25, 0.3) is 0 Å². The van der Waals surface area contributed by atoms with Crippen LogP contribution in [-0.4, -0.2) is 51.2 Å². The van der Waals surface area contributed by atoms with Crippen LogP contribution in [-0.2, 0) is 4.79 Å². The fourth-order valence-corrected chi connectivity index (χ4v) is 4.51. The van der Waals surface area contributed by atoms with E-state index in [0.29, 0.717) is 11.7 Å². The average molecular weight is 521 g/mol. The number of aryl methyl sites for hydroxylation is 2. The molecule has 1 atom stereocenters. The van der Waals surface area contributed by atoms with E-state index in [0.717, 1.165) is 47.8 Å². The molecule has 37 heavy (non-hydrogen) atoms. The molecule has 0 saturated heterocycles. The zero-order valence-electron chi connectivity index (χ0n) is 22.9. The summed E-state index contributed by atoms with van der Waals surface area (Å²) in [5, 5.41) is 2.16. The van der Waals surface area contributed by atoms with Crippen LogP contribution in [0.4, 0.5) is 5.82 Å². The number of nitrogen functional groups attached to an aromatic ring is 1. The van der Waals surface area contributed by atoms with E-state index in [9.17, 15) is 0 Å². The number of carbonyl (C=O) groups is 1. The first-order valence-corrected chi connectivity index (χ1v) is 13.3. The van der Waals surface area contributed by atoms with Gasteiger partial charge in [0.15, 0.2) is 0 Å². The Morgan fingerprint density at radius 2 is 2.03 bits per heavy atom. The number of aromatic nitrogens is 4. The van der Waals surface area contributed by atoms with Crippen LogP contribution in [0.2, 0.25) is 0 Å². The van der Waals surface area contributed by atoms with Crippen LogP contribution in [0.1, 0.15) is 54.9 Å². The lowest BCUT2D eigenvalue weighted by molar-refractivity contribution is -0.0979. The third-order valence-electron chi connectivity index (χ3n) is 5.95. The molecule has 0 aromatic carbocycles. The fraction of sp³-hybridized carbons (Fsp3) is 0.345. The summed E-state index contributed by atoms with van der Waals surface area (Å²) in [6.45, 7) is 14.7. The Morgan fingerprint density at radius 3 is 2.62 bits per heavy atom. The molecular weight excluding hydrogens is 480 g/mol. The first kappa shape index (κ1) is 29.7. The fourth-order valence-electron chi connectivity index (χ4n) is 3.82.